The van der Waals surface area contributed by atoms with E-state index in [0.29, 0.717) is 0 Å². The zero-order valence-electron chi connectivity index (χ0n) is 7.69. The van der Waals surface area contributed by atoms with Gasteiger partial charge < -0.3 is 0 Å². The minimum Gasteiger partial charge on any atom is -0.256 e. The quantitative estimate of drug-likeness (QED) is 0.752. The Morgan fingerprint density at radius 2 is 2.23 bits per heavy atom. The van der Waals surface area contributed by atoms with Gasteiger partial charge in [0.1, 0.15) is 0 Å². The van der Waals surface area contributed by atoms with E-state index in [2.05, 4.69) is 5.10 Å². The maximum atomic E-state index is 11.0. The summed E-state index contributed by atoms with van der Waals surface area (Å²) < 4.78 is 23.3. The van der Waals surface area contributed by atoms with Crippen molar-refractivity contribution in [2.75, 3.05) is 0 Å². The van der Waals surface area contributed by atoms with Gasteiger partial charge in [-0.1, -0.05) is 13.3 Å². The second-order valence-electron chi connectivity index (χ2n) is 2.89. The number of hydrogen-bond donors (Lipinski definition) is 1. The van der Waals surface area contributed by atoms with Gasteiger partial charge in [0.25, 0.3) is 10.0 Å². The number of rotatable bonds is 3. The topological polar surface area (TPSA) is 78.0 Å². The lowest BCUT2D eigenvalue weighted by atomic mass is 10.3. The molecule has 0 aliphatic heterocycles. The molecule has 0 radical (unpaired) electrons. The third kappa shape index (κ3) is 2.28. The van der Waals surface area contributed by atoms with Gasteiger partial charge in [-0.3, -0.25) is 4.68 Å². The van der Waals surface area contributed by atoms with Crippen molar-refractivity contribution in [3.8, 4) is 0 Å². The van der Waals surface area contributed by atoms with Crippen molar-refractivity contribution in [2.45, 2.75) is 24.8 Å². The van der Waals surface area contributed by atoms with Gasteiger partial charge in [-0.2, -0.15) is 5.10 Å². The van der Waals surface area contributed by atoms with Crippen LogP contribution in [0.5, 0.6) is 0 Å². The lowest BCUT2D eigenvalue weighted by Crippen LogP contribution is -2.16. The van der Waals surface area contributed by atoms with Crippen LogP contribution < -0.4 is 5.14 Å². The second kappa shape index (κ2) is 3.47. The fourth-order valence-corrected chi connectivity index (χ4v) is 1.86. The average molecular weight is 203 g/mol. The van der Waals surface area contributed by atoms with Crippen LogP contribution in [-0.4, -0.2) is 18.2 Å². The standard InChI is InChI=1S/C7H13N3O2S/c1-3-4-6-5-7(10(2)9-6)13(8,11)12/h5H,3-4H2,1-2H3,(H2,8,11,12). The molecule has 1 aromatic rings. The summed E-state index contributed by atoms with van der Waals surface area (Å²) in [6.07, 6.45) is 1.70. The van der Waals surface area contributed by atoms with E-state index < -0.39 is 10.0 Å². The largest absolute Gasteiger partial charge is 0.256 e. The van der Waals surface area contributed by atoms with Gasteiger partial charge in [-0.05, 0) is 12.5 Å². The van der Waals surface area contributed by atoms with Crippen LogP contribution in [0.3, 0.4) is 0 Å². The average Bonchev–Trinajstić information content (AvgIpc) is 2.30. The summed E-state index contributed by atoms with van der Waals surface area (Å²) in [5.74, 6) is 0. The highest BCUT2D eigenvalue weighted by molar-refractivity contribution is 7.89. The molecule has 13 heavy (non-hydrogen) atoms. The smallest absolute Gasteiger partial charge is 0.255 e. The summed E-state index contributed by atoms with van der Waals surface area (Å²) in [6, 6.07) is 1.51. The summed E-state index contributed by atoms with van der Waals surface area (Å²) >= 11 is 0. The van der Waals surface area contributed by atoms with Gasteiger partial charge in [-0.25, -0.2) is 13.6 Å². The molecule has 0 atom stereocenters. The molecular formula is C7H13N3O2S. The Balaban J connectivity index is 3.11. The first-order valence-corrected chi connectivity index (χ1v) is 5.55. The van der Waals surface area contributed by atoms with Crippen LogP contribution in [0.25, 0.3) is 0 Å². The Morgan fingerprint density at radius 1 is 1.62 bits per heavy atom. The molecule has 0 saturated carbocycles. The Morgan fingerprint density at radius 3 is 2.62 bits per heavy atom. The molecule has 1 rings (SSSR count). The third-order valence-corrected chi connectivity index (χ3v) is 2.65. The Labute approximate surface area is 77.6 Å². The summed E-state index contributed by atoms with van der Waals surface area (Å²) in [5.41, 5.74) is 0.758. The highest BCUT2D eigenvalue weighted by atomic mass is 32.2. The predicted octanol–water partition coefficient (Wildman–Crippen LogP) is 0.0200. The lowest BCUT2D eigenvalue weighted by Gasteiger charge is -1.95. The lowest BCUT2D eigenvalue weighted by molar-refractivity contribution is 0.578. The first-order chi connectivity index (χ1) is 5.95. The van der Waals surface area contributed by atoms with Crippen LogP contribution in [0.4, 0.5) is 0 Å². The fraction of sp³-hybridized carbons (Fsp3) is 0.571. The molecule has 6 heteroatoms. The van der Waals surface area contributed by atoms with Gasteiger partial charge in [0, 0.05) is 7.05 Å². The summed E-state index contributed by atoms with van der Waals surface area (Å²) in [7, 11) is -2.06. The predicted molar refractivity (Wildman–Crippen MR) is 48.6 cm³/mol. The maximum absolute atomic E-state index is 11.0. The Bertz CT molecular complexity index is 394. The highest BCUT2D eigenvalue weighted by Crippen LogP contribution is 2.09. The summed E-state index contributed by atoms with van der Waals surface area (Å²) in [4.78, 5) is 0. The van der Waals surface area contributed by atoms with E-state index in [-0.39, 0.29) is 5.03 Å². The molecule has 74 valence electrons. The van der Waals surface area contributed by atoms with Gasteiger partial charge in [-0.15, -0.1) is 0 Å². The van der Waals surface area contributed by atoms with Crippen molar-refractivity contribution in [3.05, 3.63) is 11.8 Å². The zero-order chi connectivity index (χ0) is 10.1. The number of aryl methyl sites for hydroxylation is 2. The molecule has 0 bridgehead atoms. The highest BCUT2D eigenvalue weighted by Gasteiger charge is 2.14. The molecule has 5 nitrogen and oxygen atoms in total. The molecule has 0 spiro atoms. The number of nitrogens with two attached hydrogens (primary N) is 1. The summed E-state index contributed by atoms with van der Waals surface area (Å²) in [6.45, 7) is 2.01. The van der Waals surface area contributed by atoms with Crippen molar-refractivity contribution in [2.24, 2.45) is 12.2 Å². The van der Waals surface area contributed by atoms with Crippen LogP contribution in [-0.2, 0) is 23.5 Å². The zero-order valence-corrected chi connectivity index (χ0v) is 8.50. The first kappa shape index (κ1) is 10.2. The fourth-order valence-electron chi connectivity index (χ4n) is 1.15. The van der Waals surface area contributed by atoms with Gasteiger partial charge in [0.2, 0.25) is 0 Å². The molecule has 0 aromatic carbocycles. The van der Waals surface area contributed by atoms with Crippen molar-refractivity contribution < 1.29 is 8.42 Å². The molecule has 2 N–H and O–H groups in total. The van der Waals surface area contributed by atoms with Gasteiger partial charge >= 0.3 is 0 Å². The number of hydrogen-bond acceptors (Lipinski definition) is 3. The van der Waals surface area contributed by atoms with Crippen molar-refractivity contribution >= 4 is 10.0 Å². The van der Waals surface area contributed by atoms with Crippen LogP contribution in [0.1, 0.15) is 19.0 Å². The van der Waals surface area contributed by atoms with E-state index >= 15 is 0 Å². The molecule has 0 unspecified atom stereocenters. The van der Waals surface area contributed by atoms with Gasteiger partial charge in [0.05, 0.1) is 5.69 Å². The molecule has 0 saturated heterocycles. The van der Waals surface area contributed by atoms with E-state index in [1.807, 2.05) is 6.92 Å². The van der Waals surface area contributed by atoms with E-state index in [4.69, 9.17) is 5.14 Å². The van der Waals surface area contributed by atoms with Crippen molar-refractivity contribution in [1.29, 1.82) is 0 Å². The maximum Gasteiger partial charge on any atom is 0.255 e. The van der Waals surface area contributed by atoms with Crippen molar-refractivity contribution in [3.63, 3.8) is 0 Å². The van der Waals surface area contributed by atoms with Crippen LogP contribution in [0.2, 0.25) is 0 Å². The van der Waals surface area contributed by atoms with Crippen LogP contribution in [0.15, 0.2) is 11.1 Å². The minimum absolute atomic E-state index is 0.0657. The number of sulfonamides is 1. The van der Waals surface area contributed by atoms with E-state index in [9.17, 15) is 8.42 Å². The van der Waals surface area contributed by atoms with Crippen LogP contribution in [0, 0.1) is 0 Å². The SMILES string of the molecule is CCCc1cc(S(N)(=O)=O)n(C)n1. The van der Waals surface area contributed by atoms with E-state index in [1.165, 1.54) is 10.7 Å². The summed E-state index contributed by atoms with van der Waals surface area (Å²) in [5, 5.41) is 9.07. The second-order valence-corrected chi connectivity index (χ2v) is 4.40. The number of primary sulfonamides is 1. The number of nitrogens with zero attached hydrogens (tertiary/aromatic N) is 2. The third-order valence-electron chi connectivity index (χ3n) is 1.69. The minimum atomic E-state index is -3.63. The first-order valence-electron chi connectivity index (χ1n) is 4.01. The number of aromatic nitrogens is 2. The molecule has 0 amide bonds. The van der Waals surface area contributed by atoms with Crippen molar-refractivity contribution in [1.82, 2.24) is 9.78 Å². The molecule has 0 aliphatic carbocycles. The van der Waals surface area contributed by atoms with Gasteiger partial charge in [0.15, 0.2) is 5.03 Å². The molecule has 1 heterocycles. The molecule has 0 aliphatic rings. The van der Waals surface area contributed by atoms with E-state index in [1.54, 1.807) is 7.05 Å². The van der Waals surface area contributed by atoms with Crippen LogP contribution >= 0.6 is 0 Å². The monoisotopic (exact) mass is 203 g/mol. The molecule has 0 fully saturated rings. The molecule has 1 aromatic heterocycles. The van der Waals surface area contributed by atoms with E-state index in [0.717, 1.165) is 18.5 Å². The Hall–Kier alpha value is -0.880. The Kier molecular flexibility index (Phi) is 2.72. The normalized spacial score (nSPS) is 11.9. The molecular weight excluding hydrogens is 190 g/mol.